The third-order valence-corrected chi connectivity index (χ3v) is 7.52. The van der Waals surface area contributed by atoms with Crippen molar-refractivity contribution < 1.29 is 9.59 Å². The number of carbonyl (C=O) groups is 2. The van der Waals surface area contributed by atoms with Crippen molar-refractivity contribution in [3.8, 4) is 5.69 Å². The highest BCUT2D eigenvalue weighted by Gasteiger charge is 2.27. The third kappa shape index (κ3) is 6.49. The van der Waals surface area contributed by atoms with Gasteiger partial charge in [0.05, 0.1) is 33.5 Å². The number of nitrogens with zero attached hydrogens (tertiary/aromatic N) is 4. The van der Waals surface area contributed by atoms with Crippen LogP contribution in [0.1, 0.15) is 38.4 Å². The number of benzene rings is 2. The quantitative estimate of drug-likeness (QED) is 0.400. The molecule has 1 saturated heterocycles. The van der Waals surface area contributed by atoms with Crippen LogP contribution in [-0.2, 0) is 16.6 Å². The van der Waals surface area contributed by atoms with E-state index >= 15 is 0 Å². The molecule has 1 fully saturated rings. The van der Waals surface area contributed by atoms with Gasteiger partial charge in [-0.25, -0.2) is 9.48 Å². The van der Waals surface area contributed by atoms with Crippen molar-refractivity contribution in [3.63, 3.8) is 0 Å². The molecule has 10 heteroatoms. The van der Waals surface area contributed by atoms with Gasteiger partial charge in [0.25, 0.3) is 0 Å². The van der Waals surface area contributed by atoms with Gasteiger partial charge in [0.2, 0.25) is 5.91 Å². The number of aromatic nitrogens is 2. The molecule has 202 valence electrons. The molecule has 38 heavy (non-hydrogen) atoms. The van der Waals surface area contributed by atoms with E-state index in [2.05, 4.69) is 50.4 Å². The molecule has 1 atom stereocenters. The third-order valence-electron chi connectivity index (χ3n) is 6.70. The first-order valence-electron chi connectivity index (χ1n) is 12.6. The lowest BCUT2D eigenvalue weighted by atomic mass is 9.92. The number of rotatable bonds is 6. The summed E-state index contributed by atoms with van der Waals surface area (Å²) in [6, 6.07) is 14.5. The summed E-state index contributed by atoms with van der Waals surface area (Å²) in [4.78, 5) is 29.8. The van der Waals surface area contributed by atoms with Crippen LogP contribution >= 0.6 is 23.2 Å². The maximum atomic E-state index is 12.8. The molecule has 3 aromatic rings. The van der Waals surface area contributed by atoms with Gasteiger partial charge in [-0.15, -0.1) is 0 Å². The van der Waals surface area contributed by atoms with Gasteiger partial charge in [-0.05, 0) is 50.3 Å². The Bertz CT molecular complexity index is 1310. The Labute approximate surface area is 233 Å². The van der Waals surface area contributed by atoms with Crippen molar-refractivity contribution in [3.05, 3.63) is 69.8 Å². The standard InChI is InChI=1S/C28H34Cl2N6O2/c1-28(2,3)23-16-24(32-27(38)31-22-8-6-7-21(29)26(22)30)36(33-23)19-11-9-18(10-12-19)15-25(37)35-14-13-20(17-35)34(4)5/h6-12,16,20H,13-15,17H2,1-5H3,(H2,31,32,38)/t20-/m1/s1. The number of hydrogen-bond acceptors (Lipinski definition) is 4. The highest BCUT2D eigenvalue weighted by molar-refractivity contribution is 6.44. The summed E-state index contributed by atoms with van der Waals surface area (Å²) < 4.78 is 1.69. The van der Waals surface area contributed by atoms with Crippen molar-refractivity contribution in [2.75, 3.05) is 37.8 Å². The maximum absolute atomic E-state index is 12.8. The Balaban J connectivity index is 1.51. The zero-order valence-corrected chi connectivity index (χ0v) is 23.9. The van der Waals surface area contributed by atoms with E-state index in [1.54, 1.807) is 22.9 Å². The molecule has 0 radical (unpaired) electrons. The number of urea groups is 1. The average Bonchev–Trinajstić information content (AvgIpc) is 3.51. The molecule has 3 amide bonds. The molecule has 1 aliphatic heterocycles. The van der Waals surface area contributed by atoms with E-state index in [0.29, 0.717) is 29.0 Å². The minimum absolute atomic E-state index is 0.134. The first kappa shape index (κ1) is 28.0. The molecule has 0 aliphatic carbocycles. The van der Waals surface area contributed by atoms with E-state index in [4.69, 9.17) is 28.3 Å². The predicted octanol–water partition coefficient (Wildman–Crippen LogP) is 5.83. The molecule has 0 spiro atoms. The fraction of sp³-hybridized carbons (Fsp3) is 0.393. The molecule has 0 saturated carbocycles. The lowest BCUT2D eigenvalue weighted by Crippen LogP contribution is -2.35. The first-order chi connectivity index (χ1) is 17.9. The van der Waals surface area contributed by atoms with Crippen molar-refractivity contribution >= 4 is 46.6 Å². The predicted molar refractivity (Wildman–Crippen MR) is 154 cm³/mol. The fourth-order valence-electron chi connectivity index (χ4n) is 4.33. The van der Waals surface area contributed by atoms with Crippen LogP contribution in [-0.4, -0.2) is 64.7 Å². The number of likely N-dealkylation sites (tertiary alicyclic amines) is 1. The number of hydrogen-bond donors (Lipinski definition) is 2. The van der Waals surface area contributed by atoms with Gasteiger partial charge in [0, 0.05) is 30.6 Å². The Morgan fingerprint density at radius 1 is 1.08 bits per heavy atom. The zero-order valence-electron chi connectivity index (χ0n) is 22.4. The molecule has 8 nitrogen and oxygen atoms in total. The second-order valence-corrected chi connectivity index (χ2v) is 11.6. The SMILES string of the molecule is CN(C)[C@@H]1CCN(C(=O)Cc2ccc(-n3nc(C(C)(C)C)cc3NC(=O)Nc3cccc(Cl)c3Cl)cc2)C1. The maximum Gasteiger partial charge on any atom is 0.324 e. The molecule has 0 unspecified atom stereocenters. The summed E-state index contributed by atoms with van der Waals surface area (Å²) >= 11 is 12.3. The summed E-state index contributed by atoms with van der Waals surface area (Å²) in [7, 11) is 4.10. The normalized spacial score (nSPS) is 15.7. The van der Waals surface area contributed by atoms with Crippen LogP contribution in [0.15, 0.2) is 48.5 Å². The van der Waals surface area contributed by atoms with Crippen LogP contribution in [0.2, 0.25) is 10.0 Å². The molecule has 1 aromatic heterocycles. The fourth-order valence-corrected chi connectivity index (χ4v) is 4.68. The highest BCUT2D eigenvalue weighted by atomic mass is 35.5. The van der Waals surface area contributed by atoms with E-state index in [1.807, 2.05) is 35.2 Å². The van der Waals surface area contributed by atoms with Crippen LogP contribution in [0.25, 0.3) is 5.69 Å². The van der Waals surface area contributed by atoms with Crippen molar-refractivity contribution in [2.45, 2.75) is 45.1 Å². The Morgan fingerprint density at radius 2 is 1.79 bits per heavy atom. The molecule has 2 heterocycles. The summed E-state index contributed by atoms with van der Waals surface area (Å²) in [5.41, 5.74) is 2.68. The van der Waals surface area contributed by atoms with E-state index < -0.39 is 6.03 Å². The molecular formula is C28H34Cl2N6O2. The van der Waals surface area contributed by atoms with Crippen LogP contribution < -0.4 is 10.6 Å². The largest absolute Gasteiger partial charge is 0.341 e. The number of likely N-dealkylation sites (N-methyl/N-ethyl adjacent to an activating group) is 1. The van der Waals surface area contributed by atoms with Crippen molar-refractivity contribution in [2.24, 2.45) is 0 Å². The van der Waals surface area contributed by atoms with Gasteiger partial charge < -0.3 is 15.1 Å². The van der Waals surface area contributed by atoms with Crippen LogP contribution in [0.5, 0.6) is 0 Å². The molecule has 0 bridgehead atoms. The summed E-state index contributed by atoms with van der Waals surface area (Å²) in [6.45, 7) is 7.74. The number of carbonyl (C=O) groups excluding carboxylic acids is 2. The van der Waals surface area contributed by atoms with Gasteiger partial charge in [-0.1, -0.05) is 62.2 Å². The first-order valence-corrected chi connectivity index (χ1v) is 13.3. The zero-order chi connectivity index (χ0) is 27.6. The van der Waals surface area contributed by atoms with E-state index in [9.17, 15) is 9.59 Å². The monoisotopic (exact) mass is 556 g/mol. The van der Waals surface area contributed by atoms with Gasteiger partial charge >= 0.3 is 6.03 Å². The lowest BCUT2D eigenvalue weighted by molar-refractivity contribution is -0.129. The average molecular weight is 558 g/mol. The topological polar surface area (TPSA) is 82.5 Å². The Hall–Kier alpha value is -3.07. The summed E-state index contributed by atoms with van der Waals surface area (Å²) in [5.74, 6) is 0.635. The lowest BCUT2D eigenvalue weighted by Gasteiger charge is -2.20. The van der Waals surface area contributed by atoms with E-state index in [-0.39, 0.29) is 16.3 Å². The molecule has 1 aliphatic rings. The van der Waals surface area contributed by atoms with Crippen LogP contribution in [0.3, 0.4) is 0 Å². The molecular weight excluding hydrogens is 523 g/mol. The minimum atomic E-state index is -0.473. The van der Waals surface area contributed by atoms with E-state index in [1.165, 1.54) is 0 Å². The second-order valence-electron chi connectivity index (χ2n) is 10.8. The summed E-state index contributed by atoms with van der Waals surface area (Å²) in [5, 5.41) is 11.0. The number of nitrogens with one attached hydrogen (secondary N) is 2. The number of amides is 3. The minimum Gasteiger partial charge on any atom is -0.341 e. The van der Waals surface area contributed by atoms with Gasteiger partial charge in [-0.2, -0.15) is 5.10 Å². The Kier molecular flexibility index (Phi) is 8.35. The van der Waals surface area contributed by atoms with Gasteiger partial charge in [0.15, 0.2) is 0 Å². The highest BCUT2D eigenvalue weighted by Crippen LogP contribution is 2.30. The van der Waals surface area contributed by atoms with Crippen LogP contribution in [0.4, 0.5) is 16.3 Å². The summed E-state index contributed by atoms with van der Waals surface area (Å²) in [6.07, 6.45) is 1.35. The smallest absolute Gasteiger partial charge is 0.324 e. The molecule has 2 N–H and O–H groups in total. The molecule has 4 rings (SSSR count). The van der Waals surface area contributed by atoms with Gasteiger partial charge in [0.1, 0.15) is 5.82 Å². The van der Waals surface area contributed by atoms with Gasteiger partial charge in [-0.3, -0.25) is 10.1 Å². The number of halogens is 2. The van der Waals surface area contributed by atoms with Crippen molar-refractivity contribution in [1.82, 2.24) is 19.6 Å². The van der Waals surface area contributed by atoms with Crippen LogP contribution in [0, 0.1) is 0 Å². The number of anilines is 2. The molecule has 2 aromatic carbocycles. The second kappa shape index (κ2) is 11.4. The van der Waals surface area contributed by atoms with E-state index in [0.717, 1.165) is 36.5 Å². The Morgan fingerprint density at radius 3 is 2.42 bits per heavy atom. The van der Waals surface area contributed by atoms with Crippen molar-refractivity contribution in [1.29, 1.82) is 0 Å².